The van der Waals surface area contributed by atoms with Crippen molar-refractivity contribution in [2.24, 2.45) is 7.05 Å². The van der Waals surface area contributed by atoms with Crippen LogP contribution in [-0.4, -0.2) is 49.3 Å². The maximum absolute atomic E-state index is 11.2. The molecule has 0 bridgehead atoms. The molecule has 0 saturated carbocycles. The lowest BCUT2D eigenvalue weighted by molar-refractivity contribution is -0.388. The summed E-state index contributed by atoms with van der Waals surface area (Å²) in [5.74, 6) is -0.983. The first kappa shape index (κ1) is 13.3. The number of rotatable bonds is 3. The predicted octanol–water partition coefficient (Wildman–Crippen LogP) is -0.339. The van der Waals surface area contributed by atoms with Gasteiger partial charge in [0.25, 0.3) is 0 Å². The Morgan fingerprint density at radius 2 is 2.21 bits per heavy atom. The molecule has 0 aliphatic carbocycles. The number of β-amino-alcohol motifs (C(OH)–C–C–N with tert-alkyl or cyclic N) is 1. The quantitative estimate of drug-likeness (QED) is 0.569. The molecule has 0 spiro atoms. The molecule has 9 heteroatoms. The van der Waals surface area contributed by atoms with E-state index < -0.39 is 23.0 Å². The second kappa shape index (κ2) is 4.50. The predicted molar refractivity (Wildman–Crippen MR) is 64.0 cm³/mol. The Labute approximate surface area is 108 Å². The molecular weight excluding hydrogens is 256 g/mol. The summed E-state index contributed by atoms with van der Waals surface area (Å²) in [5, 5.41) is 29.7. The lowest BCUT2D eigenvalue weighted by atomic mass is 10.2. The van der Waals surface area contributed by atoms with Gasteiger partial charge in [-0.2, -0.15) is 0 Å². The highest BCUT2D eigenvalue weighted by Crippen LogP contribution is 2.33. The van der Waals surface area contributed by atoms with Crippen LogP contribution in [0.4, 0.5) is 11.6 Å². The van der Waals surface area contributed by atoms with Crippen molar-refractivity contribution in [1.82, 2.24) is 9.55 Å². The van der Waals surface area contributed by atoms with E-state index in [0.717, 1.165) is 0 Å². The van der Waals surface area contributed by atoms with Crippen molar-refractivity contribution in [1.29, 1.82) is 0 Å². The molecule has 2 heterocycles. The molecule has 0 radical (unpaired) electrons. The first-order valence-corrected chi connectivity index (χ1v) is 5.68. The molecule has 2 unspecified atom stereocenters. The minimum atomic E-state index is -1.12. The molecular formula is C10H14N4O5. The maximum atomic E-state index is 11.2. The van der Waals surface area contributed by atoms with Crippen LogP contribution in [0.15, 0.2) is 0 Å². The fourth-order valence-electron chi connectivity index (χ4n) is 2.31. The zero-order valence-corrected chi connectivity index (χ0v) is 10.5. The van der Waals surface area contributed by atoms with E-state index in [1.165, 1.54) is 9.47 Å². The van der Waals surface area contributed by atoms with E-state index in [1.54, 1.807) is 14.0 Å². The standard InChI is InChI=1S/C10H14N4O5/c1-5-11-8(14(18)19)9(12(5)2)13-4-6(15)3-7(13)10(16)17/h6-7,15H,3-4H2,1-2H3,(H,16,17). The first-order valence-electron chi connectivity index (χ1n) is 5.68. The summed E-state index contributed by atoms with van der Waals surface area (Å²) in [4.78, 5) is 26.7. The number of carbonyl (C=O) groups is 1. The molecule has 0 aromatic carbocycles. The number of anilines is 1. The van der Waals surface area contributed by atoms with Gasteiger partial charge in [0.1, 0.15) is 6.04 Å². The van der Waals surface area contributed by atoms with E-state index in [2.05, 4.69) is 4.98 Å². The third-order valence-corrected chi connectivity index (χ3v) is 3.28. The van der Waals surface area contributed by atoms with Crippen LogP contribution in [0.5, 0.6) is 0 Å². The summed E-state index contributed by atoms with van der Waals surface area (Å²) < 4.78 is 1.46. The van der Waals surface area contributed by atoms with Gasteiger partial charge in [-0.25, -0.2) is 4.79 Å². The third kappa shape index (κ3) is 2.12. The van der Waals surface area contributed by atoms with E-state index in [-0.39, 0.29) is 24.6 Å². The maximum Gasteiger partial charge on any atom is 0.406 e. The minimum absolute atomic E-state index is 0.0384. The van der Waals surface area contributed by atoms with Gasteiger partial charge < -0.3 is 25.2 Å². The largest absolute Gasteiger partial charge is 0.480 e. The van der Waals surface area contributed by atoms with Crippen LogP contribution < -0.4 is 4.90 Å². The molecule has 1 aromatic heterocycles. The Hall–Kier alpha value is -2.16. The van der Waals surface area contributed by atoms with E-state index >= 15 is 0 Å². The average molecular weight is 270 g/mol. The number of hydrogen-bond acceptors (Lipinski definition) is 6. The smallest absolute Gasteiger partial charge is 0.406 e. The van der Waals surface area contributed by atoms with Crippen molar-refractivity contribution in [3.8, 4) is 0 Å². The van der Waals surface area contributed by atoms with Crippen LogP contribution >= 0.6 is 0 Å². The summed E-state index contributed by atoms with van der Waals surface area (Å²) in [5.41, 5.74) is 0. The van der Waals surface area contributed by atoms with Crippen LogP contribution in [0.2, 0.25) is 0 Å². The van der Waals surface area contributed by atoms with Crippen molar-refractivity contribution in [3.05, 3.63) is 15.9 Å². The molecule has 2 rings (SSSR count). The molecule has 0 amide bonds. The topological polar surface area (TPSA) is 122 Å². The summed E-state index contributed by atoms with van der Waals surface area (Å²) in [6.07, 6.45) is -0.785. The molecule has 1 fully saturated rings. The molecule has 1 saturated heterocycles. The van der Waals surface area contributed by atoms with Gasteiger partial charge >= 0.3 is 11.8 Å². The zero-order valence-electron chi connectivity index (χ0n) is 10.5. The van der Waals surface area contributed by atoms with Crippen molar-refractivity contribution >= 4 is 17.6 Å². The van der Waals surface area contributed by atoms with Gasteiger partial charge in [-0.15, -0.1) is 0 Å². The van der Waals surface area contributed by atoms with E-state index in [0.29, 0.717) is 5.82 Å². The van der Waals surface area contributed by atoms with Crippen LogP contribution in [0.25, 0.3) is 0 Å². The molecule has 1 aromatic rings. The van der Waals surface area contributed by atoms with E-state index in [1.807, 2.05) is 0 Å². The number of aliphatic carboxylic acids is 1. The molecule has 1 aliphatic heterocycles. The monoisotopic (exact) mass is 270 g/mol. The third-order valence-electron chi connectivity index (χ3n) is 3.28. The van der Waals surface area contributed by atoms with Gasteiger partial charge in [0.15, 0.2) is 0 Å². The van der Waals surface area contributed by atoms with E-state index in [4.69, 9.17) is 5.11 Å². The summed E-state index contributed by atoms with van der Waals surface area (Å²) in [6, 6.07) is -0.983. The highest BCUT2D eigenvalue weighted by molar-refractivity contribution is 5.80. The molecule has 2 atom stereocenters. The Balaban J connectivity index is 2.51. The van der Waals surface area contributed by atoms with Crippen molar-refractivity contribution in [3.63, 3.8) is 0 Å². The van der Waals surface area contributed by atoms with Crippen LogP contribution in [0, 0.1) is 17.0 Å². The summed E-state index contributed by atoms with van der Waals surface area (Å²) in [7, 11) is 1.58. The number of carboxylic acid groups (broad SMARTS) is 1. The molecule has 9 nitrogen and oxygen atoms in total. The summed E-state index contributed by atoms with van der Waals surface area (Å²) in [6.45, 7) is 1.63. The fraction of sp³-hybridized carbons (Fsp3) is 0.600. The minimum Gasteiger partial charge on any atom is -0.480 e. The first-order chi connectivity index (χ1) is 8.82. The molecule has 2 N–H and O–H groups in total. The Kier molecular flexibility index (Phi) is 3.14. The number of carboxylic acids is 1. The second-order valence-corrected chi connectivity index (χ2v) is 4.52. The number of nitro groups is 1. The SMILES string of the molecule is Cc1nc([N+](=O)[O-])c(N2CC(O)CC2C(=O)O)n1C. The van der Waals surface area contributed by atoms with Gasteiger partial charge in [-0.1, -0.05) is 0 Å². The van der Waals surface area contributed by atoms with Gasteiger partial charge in [0.2, 0.25) is 11.6 Å². The highest BCUT2D eigenvalue weighted by Gasteiger charge is 2.41. The number of aliphatic hydroxyl groups is 1. The number of aryl methyl sites for hydroxylation is 1. The molecule has 104 valence electrons. The number of aromatic nitrogens is 2. The van der Waals surface area contributed by atoms with Crippen molar-refractivity contribution in [2.45, 2.75) is 25.5 Å². The van der Waals surface area contributed by atoms with Gasteiger partial charge in [-0.3, -0.25) is 4.57 Å². The van der Waals surface area contributed by atoms with E-state index in [9.17, 15) is 20.0 Å². The lowest BCUT2D eigenvalue weighted by Gasteiger charge is -2.22. The summed E-state index contributed by atoms with van der Waals surface area (Å²) >= 11 is 0. The molecule has 19 heavy (non-hydrogen) atoms. The Bertz CT molecular complexity index is 540. The number of aliphatic hydroxyl groups excluding tert-OH is 1. The second-order valence-electron chi connectivity index (χ2n) is 4.52. The number of imidazole rings is 1. The molecule has 1 aliphatic rings. The zero-order chi connectivity index (χ0) is 14.3. The average Bonchev–Trinajstić information content (AvgIpc) is 2.81. The number of nitrogens with zero attached hydrogens (tertiary/aromatic N) is 4. The fourth-order valence-corrected chi connectivity index (χ4v) is 2.31. The van der Waals surface area contributed by atoms with Crippen LogP contribution in [0.1, 0.15) is 12.2 Å². The number of hydrogen-bond donors (Lipinski definition) is 2. The van der Waals surface area contributed by atoms with Gasteiger partial charge in [0, 0.05) is 26.9 Å². The highest BCUT2D eigenvalue weighted by atomic mass is 16.6. The van der Waals surface area contributed by atoms with Gasteiger partial charge in [0.05, 0.1) is 6.10 Å². The van der Waals surface area contributed by atoms with Gasteiger partial charge in [-0.05, 0) is 9.91 Å². The normalized spacial score (nSPS) is 22.8. The van der Waals surface area contributed by atoms with Crippen molar-refractivity contribution < 1.29 is 19.9 Å². The van der Waals surface area contributed by atoms with Crippen molar-refractivity contribution in [2.75, 3.05) is 11.4 Å². The lowest BCUT2D eigenvalue weighted by Crippen LogP contribution is -2.37. The van der Waals surface area contributed by atoms with Crippen LogP contribution in [0.3, 0.4) is 0 Å². The Morgan fingerprint density at radius 1 is 1.58 bits per heavy atom. The Morgan fingerprint density at radius 3 is 2.74 bits per heavy atom. The van der Waals surface area contributed by atoms with Crippen LogP contribution in [-0.2, 0) is 11.8 Å².